The summed E-state index contributed by atoms with van der Waals surface area (Å²) in [7, 11) is 3.86. The molecule has 6 heteroatoms. The fourth-order valence-electron chi connectivity index (χ4n) is 2.84. The van der Waals surface area contributed by atoms with Gasteiger partial charge in [0.05, 0.1) is 17.0 Å². The Bertz CT molecular complexity index is 1080. The maximum absolute atomic E-state index is 13.1. The molecule has 3 aromatic rings. The Morgan fingerprint density at radius 1 is 1.07 bits per heavy atom. The van der Waals surface area contributed by atoms with Crippen molar-refractivity contribution in [1.29, 1.82) is 5.26 Å². The number of carbonyl (C=O) groups excluding carboxylic acids is 1. The molecule has 0 aliphatic carbocycles. The molecule has 3 rings (SSSR count). The zero-order chi connectivity index (χ0) is 20.1. The Labute approximate surface area is 163 Å². The first-order valence-electron chi connectivity index (χ1n) is 8.94. The molecule has 0 radical (unpaired) electrons. The number of likely N-dealkylation sites (N-methyl/N-ethyl adjacent to an activating group) is 1. The van der Waals surface area contributed by atoms with Crippen molar-refractivity contribution in [1.82, 2.24) is 9.80 Å². The van der Waals surface area contributed by atoms with Crippen molar-refractivity contribution in [3.05, 3.63) is 81.7 Å². The molecule has 1 aromatic heterocycles. The van der Waals surface area contributed by atoms with Crippen molar-refractivity contribution >= 4 is 16.9 Å². The minimum absolute atomic E-state index is 0.0242. The molecule has 0 aliphatic heterocycles. The maximum Gasteiger partial charge on any atom is 0.290 e. The second kappa shape index (κ2) is 8.51. The van der Waals surface area contributed by atoms with Crippen LogP contribution in [0.15, 0.2) is 63.8 Å². The Kier molecular flexibility index (Phi) is 5.87. The summed E-state index contributed by atoms with van der Waals surface area (Å²) >= 11 is 0. The first-order chi connectivity index (χ1) is 13.5. The van der Waals surface area contributed by atoms with Gasteiger partial charge in [-0.25, -0.2) is 0 Å². The number of para-hydroxylation sites is 1. The summed E-state index contributed by atoms with van der Waals surface area (Å²) in [4.78, 5) is 29.1. The van der Waals surface area contributed by atoms with Crippen molar-refractivity contribution in [2.24, 2.45) is 0 Å². The Morgan fingerprint density at radius 3 is 2.46 bits per heavy atom. The van der Waals surface area contributed by atoms with Gasteiger partial charge in [0.2, 0.25) is 0 Å². The van der Waals surface area contributed by atoms with E-state index in [-0.39, 0.29) is 17.1 Å². The standard InChI is InChI=1S/C22H21N3O3/c1-24(2)11-12-25(15-17-9-7-16(14-23)8-10-17)22(27)21-13-19(26)18-5-3-4-6-20(18)28-21/h3-10,13H,11-12,15H2,1-2H3. The largest absolute Gasteiger partial charge is 0.451 e. The van der Waals surface area contributed by atoms with E-state index in [2.05, 4.69) is 6.07 Å². The molecule has 0 unspecified atom stereocenters. The van der Waals surface area contributed by atoms with Gasteiger partial charge >= 0.3 is 0 Å². The number of benzene rings is 2. The van der Waals surface area contributed by atoms with Gasteiger partial charge in [0.15, 0.2) is 11.2 Å². The first-order valence-corrected chi connectivity index (χ1v) is 8.94. The number of hydrogen-bond donors (Lipinski definition) is 0. The van der Waals surface area contributed by atoms with Gasteiger partial charge in [0, 0.05) is 25.7 Å². The number of hydrogen-bond acceptors (Lipinski definition) is 5. The van der Waals surface area contributed by atoms with Crippen molar-refractivity contribution in [3.8, 4) is 6.07 Å². The number of rotatable bonds is 6. The van der Waals surface area contributed by atoms with Crippen LogP contribution in [0.25, 0.3) is 11.0 Å². The van der Waals surface area contributed by atoms with Crippen LogP contribution in [0.4, 0.5) is 0 Å². The number of nitriles is 1. The lowest BCUT2D eigenvalue weighted by atomic mass is 10.1. The van der Waals surface area contributed by atoms with E-state index < -0.39 is 0 Å². The van der Waals surface area contributed by atoms with Crippen molar-refractivity contribution in [2.45, 2.75) is 6.54 Å². The summed E-state index contributed by atoms with van der Waals surface area (Å²) < 4.78 is 5.72. The summed E-state index contributed by atoms with van der Waals surface area (Å²) in [5, 5.41) is 9.39. The highest BCUT2D eigenvalue weighted by Crippen LogP contribution is 2.15. The van der Waals surface area contributed by atoms with E-state index >= 15 is 0 Å². The van der Waals surface area contributed by atoms with Gasteiger partial charge in [-0.1, -0.05) is 24.3 Å². The fraction of sp³-hybridized carbons (Fsp3) is 0.227. The summed E-state index contributed by atoms with van der Waals surface area (Å²) in [6, 6.07) is 17.3. The number of amides is 1. The van der Waals surface area contributed by atoms with Gasteiger partial charge in [0.1, 0.15) is 5.58 Å². The van der Waals surface area contributed by atoms with Gasteiger partial charge in [-0.3, -0.25) is 9.59 Å². The van der Waals surface area contributed by atoms with Gasteiger partial charge in [0.25, 0.3) is 5.91 Å². The van der Waals surface area contributed by atoms with Crippen LogP contribution in [0, 0.1) is 11.3 Å². The third-order valence-electron chi connectivity index (χ3n) is 4.41. The molecule has 1 heterocycles. The first kappa shape index (κ1) is 19.3. The van der Waals surface area contributed by atoms with E-state index in [0.29, 0.717) is 36.2 Å². The minimum Gasteiger partial charge on any atom is -0.451 e. The fourth-order valence-corrected chi connectivity index (χ4v) is 2.84. The molecule has 0 atom stereocenters. The molecule has 2 aromatic carbocycles. The highest BCUT2D eigenvalue weighted by atomic mass is 16.3. The van der Waals surface area contributed by atoms with Crippen LogP contribution in [0.3, 0.4) is 0 Å². The predicted molar refractivity (Wildman–Crippen MR) is 107 cm³/mol. The van der Waals surface area contributed by atoms with Crippen LogP contribution in [-0.4, -0.2) is 42.9 Å². The summed E-state index contributed by atoms with van der Waals surface area (Å²) in [6.07, 6.45) is 0. The van der Waals surface area contributed by atoms with E-state index in [4.69, 9.17) is 9.68 Å². The lowest BCUT2D eigenvalue weighted by Crippen LogP contribution is -2.36. The zero-order valence-electron chi connectivity index (χ0n) is 15.9. The van der Waals surface area contributed by atoms with Crippen molar-refractivity contribution in [2.75, 3.05) is 27.2 Å². The normalized spacial score (nSPS) is 10.8. The molecular formula is C22H21N3O3. The van der Waals surface area contributed by atoms with Crippen LogP contribution in [0.1, 0.15) is 21.7 Å². The lowest BCUT2D eigenvalue weighted by molar-refractivity contribution is 0.0700. The summed E-state index contributed by atoms with van der Waals surface area (Å²) in [5.74, 6) is -0.315. The molecule has 6 nitrogen and oxygen atoms in total. The summed E-state index contributed by atoms with van der Waals surface area (Å²) in [6.45, 7) is 1.50. The van der Waals surface area contributed by atoms with E-state index in [1.165, 1.54) is 6.07 Å². The Hall–Kier alpha value is -3.43. The maximum atomic E-state index is 13.1. The average molecular weight is 375 g/mol. The van der Waals surface area contributed by atoms with Crippen LogP contribution in [0.2, 0.25) is 0 Å². The molecule has 0 N–H and O–H groups in total. The number of nitrogens with zero attached hydrogens (tertiary/aromatic N) is 3. The predicted octanol–water partition coefficient (Wildman–Crippen LogP) is 2.87. The lowest BCUT2D eigenvalue weighted by Gasteiger charge is -2.24. The van der Waals surface area contributed by atoms with Crippen molar-refractivity contribution < 1.29 is 9.21 Å². The van der Waals surface area contributed by atoms with E-state index in [0.717, 1.165) is 5.56 Å². The van der Waals surface area contributed by atoms with Gasteiger partial charge in [-0.05, 0) is 43.9 Å². The highest BCUT2D eigenvalue weighted by Gasteiger charge is 2.20. The van der Waals surface area contributed by atoms with E-state index in [1.807, 2.05) is 31.1 Å². The number of fused-ring (bicyclic) bond motifs is 1. The smallest absolute Gasteiger partial charge is 0.290 e. The minimum atomic E-state index is -0.339. The topological polar surface area (TPSA) is 77.5 Å². The molecule has 0 aliphatic rings. The molecule has 1 amide bonds. The highest BCUT2D eigenvalue weighted by molar-refractivity contribution is 5.93. The molecule has 0 bridgehead atoms. The third-order valence-corrected chi connectivity index (χ3v) is 4.41. The number of carbonyl (C=O) groups is 1. The van der Waals surface area contributed by atoms with Crippen LogP contribution < -0.4 is 5.43 Å². The second-order valence-corrected chi connectivity index (χ2v) is 6.81. The third kappa shape index (κ3) is 4.45. The zero-order valence-corrected chi connectivity index (χ0v) is 15.9. The monoisotopic (exact) mass is 375 g/mol. The molecule has 28 heavy (non-hydrogen) atoms. The second-order valence-electron chi connectivity index (χ2n) is 6.81. The molecular weight excluding hydrogens is 354 g/mol. The van der Waals surface area contributed by atoms with Crippen LogP contribution in [0.5, 0.6) is 0 Å². The van der Waals surface area contributed by atoms with E-state index in [1.54, 1.807) is 41.3 Å². The molecule has 0 fully saturated rings. The molecule has 142 valence electrons. The SMILES string of the molecule is CN(C)CCN(Cc1ccc(C#N)cc1)C(=O)c1cc(=O)c2ccccc2o1. The van der Waals surface area contributed by atoms with Gasteiger partial charge in [-0.2, -0.15) is 5.26 Å². The average Bonchev–Trinajstić information content (AvgIpc) is 2.71. The van der Waals surface area contributed by atoms with Gasteiger partial charge < -0.3 is 14.2 Å². The van der Waals surface area contributed by atoms with E-state index in [9.17, 15) is 9.59 Å². The molecule has 0 spiro atoms. The van der Waals surface area contributed by atoms with Crippen molar-refractivity contribution in [3.63, 3.8) is 0 Å². The Morgan fingerprint density at radius 2 is 1.79 bits per heavy atom. The Balaban J connectivity index is 1.91. The van der Waals surface area contributed by atoms with Gasteiger partial charge in [-0.15, -0.1) is 0 Å². The van der Waals surface area contributed by atoms with Crippen LogP contribution >= 0.6 is 0 Å². The van der Waals surface area contributed by atoms with Crippen LogP contribution in [-0.2, 0) is 6.54 Å². The quantitative estimate of drug-likeness (QED) is 0.662. The molecule has 0 saturated heterocycles. The summed E-state index contributed by atoms with van der Waals surface area (Å²) in [5.41, 5.74) is 1.62. The molecule has 0 saturated carbocycles.